The molecule has 0 aromatic heterocycles. The van der Waals surface area contributed by atoms with Gasteiger partial charge in [0, 0.05) is 29.5 Å². The maximum Gasteiger partial charge on any atom is 0.220 e. The highest BCUT2D eigenvalue weighted by Crippen LogP contribution is 2.49. The normalized spacial score (nSPS) is 27.0. The van der Waals surface area contributed by atoms with Gasteiger partial charge in [0.05, 0.1) is 0 Å². The molecule has 0 spiro atoms. The third-order valence-electron chi connectivity index (χ3n) is 5.57. The third kappa shape index (κ3) is 3.95. The Hall–Kier alpha value is -1.35. The SMILES string of the molecule is C[C@H](NC(=O)CCC(=O)c1ccc(Cl)cc1)[C@@H]1C[C@H]2CC[C@H]1C2. The van der Waals surface area contributed by atoms with Gasteiger partial charge in [-0.1, -0.05) is 18.0 Å². The minimum Gasteiger partial charge on any atom is -0.353 e. The first-order chi connectivity index (χ1) is 11.0. The second-order valence-corrected chi connectivity index (χ2v) is 7.56. The average molecular weight is 334 g/mol. The molecule has 1 aromatic rings. The van der Waals surface area contributed by atoms with Gasteiger partial charge in [-0.15, -0.1) is 0 Å². The van der Waals surface area contributed by atoms with Crippen molar-refractivity contribution in [2.75, 3.05) is 0 Å². The summed E-state index contributed by atoms with van der Waals surface area (Å²) in [5.41, 5.74) is 0.614. The maximum atomic E-state index is 12.1. The fourth-order valence-electron chi connectivity index (χ4n) is 4.35. The zero-order valence-electron chi connectivity index (χ0n) is 13.6. The number of halogens is 1. The molecule has 0 unspecified atom stereocenters. The van der Waals surface area contributed by atoms with Crippen LogP contribution in [0.5, 0.6) is 0 Å². The van der Waals surface area contributed by atoms with Crippen LogP contribution in [-0.2, 0) is 4.79 Å². The summed E-state index contributed by atoms with van der Waals surface area (Å²) in [6.45, 7) is 2.12. The molecule has 1 N–H and O–H groups in total. The number of nitrogens with one attached hydrogen (secondary N) is 1. The van der Waals surface area contributed by atoms with Crippen molar-refractivity contribution in [2.45, 2.75) is 51.5 Å². The summed E-state index contributed by atoms with van der Waals surface area (Å²) in [5, 5.41) is 3.72. The third-order valence-corrected chi connectivity index (χ3v) is 5.82. The van der Waals surface area contributed by atoms with Crippen molar-refractivity contribution in [3.8, 4) is 0 Å². The molecule has 0 heterocycles. The van der Waals surface area contributed by atoms with Gasteiger partial charge >= 0.3 is 0 Å². The highest BCUT2D eigenvalue weighted by atomic mass is 35.5. The molecule has 2 bridgehead atoms. The van der Waals surface area contributed by atoms with Crippen molar-refractivity contribution in [2.24, 2.45) is 17.8 Å². The molecule has 23 heavy (non-hydrogen) atoms. The fourth-order valence-corrected chi connectivity index (χ4v) is 4.47. The van der Waals surface area contributed by atoms with E-state index in [9.17, 15) is 9.59 Å². The Labute approximate surface area is 142 Å². The van der Waals surface area contributed by atoms with Crippen LogP contribution < -0.4 is 5.32 Å². The number of benzene rings is 1. The van der Waals surface area contributed by atoms with Crippen molar-refractivity contribution in [3.05, 3.63) is 34.9 Å². The van der Waals surface area contributed by atoms with Crippen molar-refractivity contribution >= 4 is 23.3 Å². The summed E-state index contributed by atoms with van der Waals surface area (Å²) < 4.78 is 0. The van der Waals surface area contributed by atoms with Crippen LogP contribution in [0.25, 0.3) is 0 Å². The maximum absolute atomic E-state index is 12.1. The highest BCUT2D eigenvalue weighted by Gasteiger charge is 2.42. The smallest absolute Gasteiger partial charge is 0.220 e. The van der Waals surface area contributed by atoms with Crippen LogP contribution in [0.4, 0.5) is 0 Å². The van der Waals surface area contributed by atoms with E-state index in [2.05, 4.69) is 12.2 Å². The second-order valence-electron chi connectivity index (χ2n) is 7.12. The molecule has 3 nitrogen and oxygen atoms in total. The molecular formula is C19H24ClNO2. The standard InChI is InChI=1S/C19H24ClNO2/c1-12(17-11-13-2-3-15(17)10-13)21-19(23)9-8-18(22)14-4-6-16(20)7-5-14/h4-7,12-13,15,17H,2-3,8-11H2,1H3,(H,21,23)/t12-,13-,15-,17-/m0/s1. The van der Waals surface area contributed by atoms with Crippen molar-refractivity contribution in [3.63, 3.8) is 0 Å². The van der Waals surface area contributed by atoms with Crippen molar-refractivity contribution in [1.29, 1.82) is 0 Å². The monoisotopic (exact) mass is 333 g/mol. The van der Waals surface area contributed by atoms with Gasteiger partial charge in [-0.05, 0) is 68.2 Å². The first-order valence-corrected chi connectivity index (χ1v) is 8.99. The quantitative estimate of drug-likeness (QED) is 0.791. The number of hydrogen-bond donors (Lipinski definition) is 1. The van der Waals surface area contributed by atoms with Gasteiger partial charge in [0.2, 0.25) is 5.91 Å². The molecule has 2 aliphatic rings. The van der Waals surface area contributed by atoms with E-state index in [0.29, 0.717) is 16.5 Å². The van der Waals surface area contributed by atoms with E-state index in [4.69, 9.17) is 11.6 Å². The van der Waals surface area contributed by atoms with Crippen LogP contribution >= 0.6 is 11.6 Å². The Morgan fingerprint density at radius 3 is 2.52 bits per heavy atom. The topological polar surface area (TPSA) is 46.2 Å². The summed E-state index contributed by atoms with van der Waals surface area (Å²) in [6, 6.07) is 7.04. The second kappa shape index (κ2) is 7.04. The lowest BCUT2D eigenvalue weighted by molar-refractivity contribution is -0.122. The largest absolute Gasteiger partial charge is 0.353 e. The van der Waals surface area contributed by atoms with Gasteiger partial charge in [-0.3, -0.25) is 9.59 Å². The zero-order chi connectivity index (χ0) is 16.4. The van der Waals surface area contributed by atoms with E-state index in [1.165, 1.54) is 25.7 Å². The van der Waals surface area contributed by atoms with E-state index >= 15 is 0 Å². The number of ketones is 1. The molecule has 1 amide bonds. The molecular weight excluding hydrogens is 310 g/mol. The minimum absolute atomic E-state index is 0.00982. The first kappa shape index (κ1) is 16.5. The summed E-state index contributed by atoms with van der Waals surface area (Å²) in [5.74, 6) is 2.29. The van der Waals surface area contributed by atoms with Crippen LogP contribution in [-0.4, -0.2) is 17.7 Å². The zero-order valence-corrected chi connectivity index (χ0v) is 14.3. The van der Waals surface area contributed by atoms with Crippen LogP contribution in [0.1, 0.15) is 55.8 Å². The van der Waals surface area contributed by atoms with Gasteiger partial charge in [0.15, 0.2) is 5.78 Å². The molecule has 0 aliphatic heterocycles. The van der Waals surface area contributed by atoms with Crippen LogP contribution in [0.2, 0.25) is 5.02 Å². The average Bonchev–Trinajstić information content (AvgIpc) is 3.16. The Balaban J connectivity index is 1.44. The predicted molar refractivity (Wildman–Crippen MR) is 91.6 cm³/mol. The number of fused-ring (bicyclic) bond motifs is 2. The van der Waals surface area contributed by atoms with E-state index in [-0.39, 0.29) is 30.6 Å². The molecule has 0 saturated heterocycles. The molecule has 124 valence electrons. The number of rotatable bonds is 6. The summed E-state index contributed by atoms with van der Waals surface area (Å²) in [7, 11) is 0. The van der Waals surface area contributed by atoms with Gasteiger partial charge in [-0.2, -0.15) is 0 Å². The molecule has 3 rings (SSSR count). The number of Topliss-reactive ketones (excluding diaryl/α,β-unsaturated/α-hetero) is 1. The molecule has 4 atom stereocenters. The minimum atomic E-state index is -0.0115. The molecule has 2 aliphatic carbocycles. The van der Waals surface area contributed by atoms with Gasteiger partial charge < -0.3 is 5.32 Å². The Morgan fingerprint density at radius 2 is 1.91 bits per heavy atom. The van der Waals surface area contributed by atoms with E-state index < -0.39 is 0 Å². The molecule has 1 aromatic carbocycles. The summed E-state index contributed by atoms with van der Waals surface area (Å²) >= 11 is 5.81. The number of carbonyl (C=O) groups is 2. The lowest BCUT2D eigenvalue weighted by atomic mass is 9.84. The Morgan fingerprint density at radius 1 is 1.17 bits per heavy atom. The van der Waals surface area contributed by atoms with Crippen LogP contribution in [0.15, 0.2) is 24.3 Å². The van der Waals surface area contributed by atoms with Crippen LogP contribution in [0.3, 0.4) is 0 Å². The number of amides is 1. The molecule has 0 radical (unpaired) electrons. The van der Waals surface area contributed by atoms with Crippen LogP contribution in [0, 0.1) is 17.8 Å². The first-order valence-electron chi connectivity index (χ1n) is 8.61. The molecule has 4 heteroatoms. The van der Waals surface area contributed by atoms with E-state index in [0.717, 1.165) is 11.8 Å². The van der Waals surface area contributed by atoms with Crippen molar-refractivity contribution in [1.82, 2.24) is 5.32 Å². The van der Waals surface area contributed by atoms with E-state index in [1.54, 1.807) is 24.3 Å². The summed E-state index contributed by atoms with van der Waals surface area (Å²) in [6.07, 6.45) is 5.81. The van der Waals surface area contributed by atoms with Crippen molar-refractivity contribution < 1.29 is 9.59 Å². The molecule has 2 saturated carbocycles. The Kier molecular flexibility index (Phi) is 5.05. The van der Waals surface area contributed by atoms with Gasteiger partial charge in [-0.25, -0.2) is 0 Å². The highest BCUT2D eigenvalue weighted by molar-refractivity contribution is 6.30. The van der Waals surface area contributed by atoms with Gasteiger partial charge in [0.1, 0.15) is 0 Å². The number of carbonyl (C=O) groups excluding carboxylic acids is 2. The lowest BCUT2D eigenvalue weighted by Gasteiger charge is -2.28. The van der Waals surface area contributed by atoms with E-state index in [1.807, 2.05) is 0 Å². The Bertz CT molecular complexity index is 584. The van der Waals surface area contributed by atoms with Gasteiger partial charge in [0.25, 0.3) is 0 Å². The predicted octanol–water partition coefficient (Wildman–Crippen LogP) is 4.24. The summed E-state index contributed by atoms with van der Waals surface area (Å²) in [4.78, 5) is 24.2. The number of hydrogen-bond acceptors (Lipinski definition) is 2. The fraction of sp³-hybridized carbons (Fsp3) is 0.579. The molecule has 2 fully saturated rings. The lowest BCUT2D eigenvalue weighted by Crippen LogP contribution is -2.40.